The number of carbonyl (C=O) groups excluding carboxylic acids is 1. The number of ketones is 1. The van der Waals surface area contributed by atoms with Gasteiger partial charge >= 0.3 is 0 Å². The SMILES string of the molecule is O=C(c1ccccc1)C(Cc1cccc([N+](=O)[O-])c1)c1ccccc1. The van der Waals surface area contributed by atoms with Crippen molar-refractivity contribution < 1.29 is 9.72 Å². The molecule has 0 bridgehead atoms. The second-order valence-corrected chi connectivity index (χ2v) is 5.82. The van der Waals surface area contributed by atoms with E-state index in [1.165, 1.54) is 12.1 Å². The van der Waals surface area contributed by atoms with E-state index in [-0.39, 0.29) is 17.4 Å². The lowest BCUT2D eigenvalue weighted by Gasteiger charge is -2.17. The van der Waals surface area contributed by atoms with Gasteiger partial charge in [-0.25, -0.2) is 0 Å². The second kappa shape index (κ2) is 7.53. The number of nitrogens with zero attached hydrogens (tertiary/aromatic N) is 1. The molecule has 0 radical (unpaired) electrons. The maximum Gasteiger partial charge on any atom is 0.269 e. The van der Waals surface area contributed by atoms with Crippen molar-refractivity contribution in [3.8, 4) is 0 Å². The van der Waals surface area contributed by atoms with E-state index in [0.29, 0.717) is 12.0 Å². The number of carbonyl (C=O) groups is 1. The number of rotatable bonds is 6. The summed E-state index contributed by atoms with van der Waals surface area (Å²) in [4.78, 5) is 23.6. The van der Waals surface area contributed by atoms with Crippen LogP contribution >= 0.6 is 0 Å². The summed E-state index contributed by atoms with van der Waals surface area (Å²) in [5.74, 6) is -0.371. The molecule has 25 heavy (non-hydrogen) atoms. The molecule has 0 spiro atoms. The molecule has 3 aromatic carbocycles. The van der Waals surface area contributed by atoms with Crippen molar-refractivity contribution in [3.63, 3.8) is 0 Å². The van der Waals surface area contributed by atoms with E-state index in [9.17, 15) is 14.9 Å². The van der Waals surface area contributed by atoms with E-state index in [0.717, 1.165) is 11.1 Å². The lowest BCUT2D eigenvalue weighted by Crippen LogP contribution is -2.15. The normalized spacial score (nSPS) is 11.7. The van der Waals surface area contributed by atoms with E-state index in [2.05, 4.69) is 0 Å². The van der Waals surface area contributed by atoms with Gasteiger partial charge in [0.25, 0.3) is 5.69 Å². The molecule has 0 fully saturated rings. The van der Waals surface area contributed by atoms with E-state index in [4.69, 9.17) is 0 Å². The highest BCUT2D eigenvalue weighted by molar-refractivity contribution is 6.01. The predicted molar refractivity (Wildman–Crippen MR) is 96.8 cm³/mol. The lowest BCUT2D eigenvalue weighted by molar-refractivity contribution is -0.384. The third-order valence-electron chi connectivity index (χ3n) is 4.14. The van der Waals surface area contributed by atoms with Gasteiger partial charge in [-0.15, -0.1) is 0 Å². The molecule has 0 aliphatic heterocycles. The van der Waals surface area contributed by atoms with Crippen LogP contribution < -0.4 is 0 Å². The molecule has 1 unspecified atom stereocenters. The molecule has 0 heterocycles. The molecule has 124 valence electrons. The summed E-state index contributed by atoms with van der Waals surface area (Å²) >= 11 is 0. The van der Waals surface area contributed by atoms with Crippen LogP contribution in [-0.2, 0) is 6.42 Å². The van der Waals surface area contributed by atoms with Crippen LogP contribution in [0, 0.1) is 10.1 Å². The van der Waals surface area contributed by atoms with E-state index in [1.54, 1.807) is 18.2 Å². The molecular formula is C21H17NO3. The van der Waals surface area contributed by atoms with Crippen molar-refractivity contribution in [3.05, 3.63) is 112 Å². The Bertz CT molecular complexity index is 876. The van der Waals surface area contributed by atoms with Gasteiger partial charge in [0, 0.05) is 17.7 Å². The van der Waals surface area contributed by atoms with Crippen LogP contribution in [0.3, 0.4) is 0 Å². The van der Waals surface area contributed by atoms with Crippen molar-refractivity contribution >= 4 is 11.5 Å². The number of non-ortho nitro benzene ring substituents is 1. The predicted octanol–water partition coefficient (Wildman–Crippen LogP) is 4.80. The zero-order valence-electron chi connectivity index (χ0n) is 13.5. The average molecular weight is 331 g/mol. The first-order chi connectivity index (χ1) is 12.1. The van der Waals surface area contributed by atoms with Gasteiger partial charge in [0.1, 0.15) is 0 Å². The minimum atomic E-state index is -0.417. The topological polar surface area (TPSA) is 60.2 Å². The number of nitro benzene ring substituents is 1. The lowest BCUT2D eigenvalue weighted by atomic mass is 9.85. The summed E-state index contributed by atoms with van der Waals surface area (Å²) < 4.78 is 0. The number of Topliss-reactive ketones (excluding diaryl/α,β-unsaturated/α-hetero) is 1. The summed E-state index contributed by atoms with van der Waals surface area (Å²) in [6.45, 7) is 0. The first kappa shape index (κ1) is 16.6. The van der Waals surface area contributed by atoms with E-state index < -0.39 is 4.92 Å². The van der Waals surface area contributed by atoms with Crippen LogP contribution in [-0.4, -0.2) is 10.7 Å². The zero-order chi connectivity index (χ0) is 17.6. The van der Waals surface area contributed by atoms with Crippen LogP contribution in [0.4, 0.5) is 5.69 Å². The Morgan fingerprint density at radius 2 is 1.52 bits per heavy atom. The van der Waals surface area contributed by atoms with Crippen molar-refractivity contribution in [2.75, 3.05) is 0 Å². The highest BCUT2D eigenvalue weighted by atomic mass is 16.6. The highest BCUT2D eigenvalue weighted by Gasteiger charge is 2.23. The monoisotopic (exact) mass is 331 g/mol. The first-order valence-electron chi connectivity index (χ1n) is 8.02. The second-order valence-electron chi connectivity index (χ2n) is 5.82. The molecule has 0 aromatic heterocycles. The Morgan fingerprint density at radius 3 is 2.16 bits per heavy atom. The number of benzene rings is 3. The van der Waals surface area contributed by atoms with Crippen molar-refractivity contribution in [2.45, 2.75) is 12.3 Å². The molecule has 3 aromatic rings. The van der Waals surface area contributed by atoms with Crippen molar-refractivity contribution in [1.82, 2.24) is 0 Å². The summed E-state index contributed by atoms with van der Waals surface area (Å²) in [6.07, 6.45) is 0.416. The molecule has 4 heteroatoms. The van der Waals surface area contributed by atoms with Crippen LogP contribution in [0.2, 0.25) is 0 Å². The highest BCUT2D eigenvalue weighted by Crippen LogP contribution is 2.26. The minimum absolute atomic E-state index is 0.0123. The van der Waals surface area contributed by atoms with Crippen molar-refractivity contribution in [2.24, 2.45) is 0 Å². The molecule has 0 saturated carbocycles. The zero-order valence-corrected chi connectivity index (χ0v) is 13.5. The Balaban J connectivity index is 1.96. The van der Waals surface area contributed by atoms with Crippen LogP contribution in [0.5, 0.6) is 0 Å². The largest absolute Gasteiger partial charge is 0.293 e. The summed E-state index contributed by atoms with van der Waals surface area (Å²) in [5, 5.41) is 11.0. The molecule has 4 nitrogen and oxygen atoms in total. The van der Waals surface area contributed by atoms with Gasteiger partial charge in [-0.05, 0) is 17.5 Å². The molecule has 0 aliphatic rings. The van der Waals surface area contributed by atoms with Crippen LogP contribution in [0.1, 0.15) is 27.4 Å². The standard InChI is InChI=1S/C21H17NO3/c23-21(18-11-5-2-6-12-18)20(17-9-3-1-4-10-17)15-16-8-7-13-19(14-16)22(24)25/h1-14,20H,15H2. The summed E-state index contributed by atoms with van der Waals surface area (Å²) in [5.41, 5.74) is 2.36. The summed E-state index contributed by atoms with van der Waals surface area (Å²) in [6, 6.07) is 25.1. The average Bonchev–Trinajstić information content (AvgIpc) is 2.67. The molecule has 0 N–H and O–H groups in total. The number of hydrogen-bond donors (Lipinski definition) is 0. The van der Waals surface area contributed by atoms with Gasteiger partial charge in [-0.1, -0.05) is 72.8 Å². The molecule has 0 aliphatic carbocycles. The van der Waals surface area contributed by atoms with Gasteiger partial charge in [0.2, 0.25) is 0 Å². The Labute approximate surface area is 145 Å². The Morgan fingerprint density at radius 1 is 0.880 bits per heavy atom. The third kappa shape index (κ3) is 3.98. The van der Waals surface area contributed by atoms with E-state index >= 15 is 0 Å². The van der Waals surface area contributed by atoms with Gasteiger partial charge in [-0.3, -0.25) is 14.9 Å². The minimum Gasteiger partial charge on any atom is -0.293 e. The quantitative estimate of drug-likeness (QED) is 0.370. The maximum absolute atomic E-state index is 13.0. The molecule has 3 rings (SSSR count). The van der Waals surface area contributed by atoms with E-state index in [1.807, 2.05) is 54.6 Å². The van der Waals surface area contributed by atoms with Crippen LogP contribution in [0.25, 0.3) is 0 Å². The Hall–Kier alpha value is -3.27. The molecule has 0 saturated heterocycles. The third-order valence-corrected chi connectivity index (χ3v) is 4.14. The molecule has 0 amide bonds. The molecule has 1 atom stereocenters. The summed E-state index contributed by atoms with van der Waals surface area (Å²) in [7, 11) is 0. The molecular weight excluding hydrogens is 314 g/mol. The van der Waals surface area contributed by atoms with Gasteiger partial charge in [0.15, 0.2) is 5.78 Å². The van der Waals surface area contributed by atoms with Crippen molar-refractivity contribution in [1.29, 1.82) is 0 Å². The smallest absolute Gasteiger partial charge is 0.269 e. The van der Waals surface area contributed by atoms with Crippen LogP contribution in [0.15, 0.2) is 84.9 Å². The van der Waals surface area contributed by atoms with Gasteiger partial charge in [-0.2, -0.15) is 0 Å². The number of nitro groups is 1. The fourth-order valence-electron chi connectivity index (χ4n) is 2.88. The maximum atomic E-state index is 13.0. The fourth-order valence-corrected chi connectivity index (χ4v) is 2.88. The number of hydrogen-bond acceptors (Lipinski definition) is 3. The first-order valence-corrected chi connectivity index (χ1v) is 8.02. The Kier molecular flexibility index (Phi) is 5.00. The fraction of sp³-hybridized carbons (Fsp3) is 0.0952. The van der Waals surface area contributed by atoms with Gasteiger partial charge in [0.05, 0.1) is 10.8 Å². The van der Waals surface area contributed by atoms with Gasteiger partial charge < -0.3 is 0 Å².